The van der Waals surface area contributed by atoms with E-state index >= 15 is 0 Å². The van der Waals surface area contributed by atoms with Gasteiger partial charge < -0.3 is 15.4 Å². The van der Waals surface area contributed by atoms with Crippen LogP contribution < -0.4 is 15.4 Å². The second-order valence-electron chi connectivity index (χ2n) is 9.61. The van der Waals surface area contributed by atoms with Gasteiger partial charge in [0.15, 0.2) is 0 Å². The zero-order chi connectivity index (χ0) is 25.9. The lowest BCUT2D eigenvalue weighted by Crippen LogP contribution is -2.58. The molecule has 0 bridgehead atoms. The van der Waals surface area contributed by atoms with Crippen LogP contribution in [0.15, 0.2) is 36.4 Å². The van der Waals surface area contributed by atoms with Gasteiger partial charge in [-0.3, -0.25) is 14.6 Å². The SMILES string of the molecule is CC[C@H]1CN(c2ccc(C(N)=O)nc2C)CCN1C1CCN(Cc2ccc(OC(F)(F)F)cc2)CC1. The number of ether oxygens (including phenoxy) is 1. The minimum Gasteiger partial charge on any atom is -0.406 e. The number of anilines is 1. The third-order valence-corrected chi connectivity index (χ3v) is 7.24. The van der Waals surface area contributed by atoms with E-state index in [1.54, 1.807) is 18.2 Å². The van der Waals surface area contributed by atoms with Gasteiger partial charge in [0.25, 0.3) is 5.91 Å². The fourth-order valence-corrected chi connectivity index (χ4v) is 5.42. The predicted octanol–water partition coefficient (Wildman–Crippen LogP) is 3.95. The molecule has 0 radical (unpaired) electrons. The summed E-state index contributed by atoms with van der Waals surface area (Å²) in [5.41, 5.74) is 8.51. The molecule has 0 unspecified atom stereocenters. The highest BCUT2D eigenvalue weighted by Crippen LogP contribution is 2.28. The molecule has 196 valence electrons. The number of hydrogen-bond acceptors (Lipinski definition) is 6. The number of hydrogen-bond donors (Lipinski definition) is 1. The number of nitrogens with two attached hydrogens (primary N) is 1. The summed E-state index contributed by atoms with van der Waals surface area (Å²) in [6, 6.07) is 10.8. The molecule has 0 aliphatic carbocycles. The number of pyridine rings is 1. The van der Waals surface area contributed by atoms with Gasteiger partial charge in [-0.15, -0.1) is 13.2 Å². The number of aromatic nitrogens is 1. The van der Waals surface area contributed by atoms with Gasteiger partial charge in [-0.25, -0.2) is 4.98 Å². The average molecular weight is 506 g/mol. The van der Waals surface area contributed by atoms with Crippen LogP contribution in [0.1, 0.15) is 47.9 Å². The van der Waals surface area contributed by atoms with Crippen LogP contribution in [0.3, 0.4) is 0 Å². The summed E-state index contributed by atoms with van der Waals surface area (Å²) in [5, 5.41) is 0. The Morgan fingerprint density at radius 1 is 1.08 bits per heavy atom. The lowest BCUT2D eigenvalue weighted by Gasteiger charge is -2.48. The second-order valence-corrected chi connectivity index (χ2v) is 9.61. The molecule has 2 N–H and O–H groups in total. The number of rotatable bonds is 7. The van der Waals surface area contributed by atoms with Crippen molar-refractivity contribution < 1.29 is 22.7 Å². The zero-order valence-electron chi connectivity index (χ0n) is 20.8. The highest BCUT2D eigenvalue weighted by Gasteiger charge is 2.34. The number of alkyl halides is 3. The summed E-state index contributed by atoms with van der Waals surface area (Å²) < 4.78 is 41.1. The van der Waals surface area contributed by atoms with Crippen molar-refractivity contribution in [3.8, 4) is 5.75 Å². The molecule has 0 saturated carbocycles. The van der Waals surface area contributed by atoms with Crippen molar-refractivity contribution in [3.05, 3.63) is 53.3 Å². The summed E-state index contributed by atoms with van der Waals surface area (Å²) in [6.07, 6.45) is -1.48. The summed E-state index contributed by atoms with van der Waals surface area (Å²) in [5.74, 6) is -0.704. The Bertz CT molecular complexity index is 1040. The summed E-state index contributed by atoms with van der Waals surface area (Å²) >= 11 is 0. The van der Waals surface area contributed by atoms with Crippen LogP contribution in [0.5, 0.6) is 5.75 Å². The maximum Gasteiger partial charge on any atom is 0.573 e. The number of halogens is 3. The Hall–Kier alpha value is -2.85. The highest BCUT2D eigenvalue weighted by atomic mass is 19.4. The molecule has 1 amide bonds. The van der Waals surface area contributed by atoms with Crippen LogP contribution >= 0.6 is 0 Å². The highest BCUT2D eigenvalue weighted by molar-refractivity contribution is 5.91. The van der Waals surface area contributed by atoms with Gasteiger partial charge in [-0.1, -0.05) is 19.1 Å². The zero-order valence-corrected chi connectivity index (χ0v) is 20.8. The molecule has 10 heteroatoms. The molecule has 2 aromatic rings. The number of aryl methyl sites for hydroxylation is 1. The van der Waals surface area contributed by atoms with Gasteiger partial charge >= 0.3 is 6.36 Å². The van der Waals surface area contributed by atoms with Gasteiger partial charge in [-0.2, -0.15) is 0 Å². The fourth-order valence-electron chi connectivity index (χ4n) is 5.42. The normalized spacial score (nSPS) is 20.5. The standard InChI is InChI=1S/C26H34F3N5O2/c1-3-20-17-33(24-9-8-23(25(30)35)31-18(24)2)14-15-34(20)21-10-12-32(13-11-21)16-19-4-6-22(7-5-19)36-26(27,28)29/h4-9,20-21H,3,10-17H2,1-2H3,(H2,30,35)/t20-/m0/s1. The Labute approximate surface area is 210 Å². The minimum atomic E-state index is -4.67. The topological polar surface area (TPSA) is 74.9 Å². The van der Waals surface area contributed by atoms with E-state index in [0.717, 1.165) is 75.5 Å². The molecular formula is C26H34F3N5O2. The van der Waals surface area contributed by atoms with E-state index in [9.17, 15) is 18.0 Å². The smallest absolute Gasteiger partial charge is 0.406 e. The lowest BCUT2D eigenvalue weighted by atomic mass is 9.97. The number of likely N-dealkylation sites (tertiary alicyclic amines) is 1. The molecular weight excluding hydrogens is 471 g/mol. The number of carbonyl (C=O) groups is 1. The van der Waals surface area contributed by atoms with Crippen molar-refractivity contribution in [1.29, 1.82) is 0 Å². The number of nitrogens with zero attached hydrogens (tertiary/aromatic N) is 4. The molecule has 4 rings (SSSR count). The number of amides is 1. The van der Waals surface area contributed by atoms with Crippen LogP contribution in [-0.2, 0) is 6.54 Å². The third-order valence-electron chi connectivity index (χ3n) is 7.24. The Balaban J connectivity index is 1.30. The van der Waals surface area contributed by atoms with Crippen molar-refractivity contribution in [2.75, 3.05) is 37.6 Å². The Kier molecular flexibility index (Phi) is 8.04. The van der Waals surface area contributed by atoms with Gasteiger partial charge in [0.1, 0.15) is 11.4 Å². The number of primary amides is 1. The van der Waals surface area contributed by atoms with Gasteiger partial charge in [0.2, 0.25) is 0 Å². The monoisotopic (exact) mass is 505 g/mol. The molecule has 3 heterocycles. The Morgan fingerprint density at radius 3 is 2.36 bits per heavy atom. The van der Waals surface area contributed by atoms with Crippen molar-refractivity contribution >= 4 is 11.6 Å². The third kappa shape index (κ3) is 6.47. The van der Waals surface area contributed by atoms with E-state index in [0.29, 0.717) is 17.8 Å². The van der Waals surface area contributed by atoms with Gasteiger partial charge in [0.05, 0.1) is 11.4 Å². The van der Waals surface area contributed by atoms with E-state index < -0.39 is 12.3 Å². The van der Waals surface area contributed by atoms with Crippen LogP contribution in [0.2, 0.25) is 0 Å². The van der Waals surface area contributed by atoms with Crippen molar-refractivity contribution in [2.24, 2.45) is 5.73 Å². The predicted molar refractivity (Wildman–Crippen MR) is 132 cm³/mol. The van der Waals surface area contributed by atoms with Gasteiger partial charge in [0, 0.05) is 38.3 Å². The minimum absolute atomic E-state index is 0.190. The molecule has 2 aliphatic rings. The van der Waals surface area contributed by atoms with Crippen molar-refractivity contribution in [3.63, 3.8) is 0 Å². The van der Waals surface area contributed by atoms with Crippen molar-refractivity contribution in [2.45, 2.75) is 58.1 Å². The summed E-state index contributed by atoms with van der Waals surface area (Å²) in [4.78, 5) is 23.2. The summed E-state index contributed by atoms with van der Waals surface area (Å²) in [7, 11) is 0. The number of benzene rings is 1. The molecule has 7 nitrogen and oxygen atoms in total. The first-order valence-corrected chi connectivity index (χ1v) is 12.5. The summed E-state index contributed by atoms with van der Waals surface area (Å²) in [6.45, 7) is 9.58. The van der Waals surface area contributed by atoms with Crippen LogP contribution in [-0.4, -0.2) is 71.9 Å². The lowest BCUT2D eigenvalue weighted by molar-refractivity contribution is -0.274. The van der Waals surface area contributed by atoms with Crippen LogP contribution in [0.4, 0.5) is 18.9 Å². The first-order valence-electron chi connectivity index (χ1n) is 12.5. The first-order chi connectivity index (χ1) is 17.1. The maximum absolute atomic E-state index is 12.4. The average Bonchev–Trinajstić information content (AvgIpc) is 2.84. The Morgan fingerprint density at radius 2 is 1.78 bits per heavy atom. The molecule has 2 saturated heterocycles. The first kappa shape index (κ1) is 26.2. The molecule has 1 aromatic carbocycles. The number of piperazine rings is 1. The quantitative estimate of drug-likeness (QED) is 0.614. The molecule has 1 atom stereocenters. The maximum atomic E-state index is 12.4. The molecule has 36 heavy (non-hydrogen) atoms. The molecule has 2 fully saturated rings. The number of piperidine rings is 1. The second kappa shape index (κ2) is 11.0. The molecule has 2 aliphatic heterocycles. The van der Waals surface area contributed by atoms with E-state index in [4.69, 9.17) is 5.73 Å². The van der Waals surface area contributed by atoms with Crippen LogP contribution in [0.25, 0.3) is 0 Å². The van der Waals surface area contributed by atoms with E-state index in [-0.39, 0.29) is 5.75 Å². The van der Waals surface area contributed by atoms with Gasteiger partial charge in [-0.05, 0) is 69.1 Å². The number of carbonyl (C=O) groups excluding carboxylic acids is 1. The van der Waals surface area contributed by atoms with E-state index in [1.807, 2.05) is 13.0 Å². The van der Waals surface area contributed by atoms with Crippen molar-refractivity contribution in [1.82, 2.24) is 14.8 Å². The molecule has 0 spiro atoms. The van der Waals surface area contributed by atoms with E-state index in [2.05, 4.69) is 31.3 Å². The molecule has 1 aromatic heterocycles. The fraction of sp³-hybridized carbons (Fsp3) is 0.538. The van der Waals surface area contributed by atoms with Crippen LogP contribution in [0, 0.1) is 6.92 Å². The largest absolute Gasteiger partial charge is 0.573 e. The van der Waals surface area contributed by atoms with E-state index in [1.165, 1.54) is 12.1 Å².